The fourth-order valence-corrected chi connectivity index (χ4v) is 1.93. The molecule has 0 saturated carbocycles. The van der Waals surface area contributed by atoms with E-state index in [9.17, 15) is 0 Å². The van der Waals surface area contributed by atoms with Crippen LogP contribution in [0.15, 0.2) is 35.4 Å². The minimum absolute atomic E-state index is 0.650. The fraction of sp³-hybridized carbons (Fsp3) is 0.385. The van der Waals surface area contributed by atoms with Crippen LogP contribution in [0.2, 0.25) is 0 Å². The summed E-state index contributed by atoms with van der Waals surface area (Å²) in [5.41, 5.74) is 2.44. The van der Waals surface area contributed by atoms with Crippen molar-refractivity contribution in [2.75, 3.05) is 24.7 Å². The molecule has 0 bridgehead atoms. The van der Waals surface area contributed by atoms with Crippen LogP contribution >= 0.6 is 11.8 Å². The third-order valence-electron chi connectivity index (χ3n) is 2.12. The van der Waals surface area contributed by atoms with E-state index in [1.165, 1.54) is 16.1 Å². The first kappa shape index (κ1) is 13.0. The molecule has 2 nitrogen and oxygen atoms in total. The van der Waals surface area contributed by atoms with Gasteiger partial charge in [-0.15, -0.1) is 11.8 Å². The number of nitrogens with one attached hydrogen (secondary N) is 1. The smallest absolute Gasteiger partial charge is 0.105 e. The van der Waals surface area contributed by atoms with Gasteiger partial charge in [0.15, 0.2) is 0 Å². The molecule has 0 saturated heterocycles. The molecule has 0 unspecified atom stereocenters. The topological polar surface area (TPSA) is 21.3 Å². The van der Waals surface area contributed by atoms with Gasteiger partial charge in [-0.2, -0.15) is 0 Å². The molecule has 0 radical (unpaired) electrons. The molecule has 88 valence electrons. The Morgan fingerprint density at radius 3 is 2.88 bits per heavy atom. The quantitative estimate of drug-likeness (QED) is 0.463. The number of thioether (sulfide) groups is 1. The predicted octanol–water partition coefficient (Wildman–Crippen LogP) is 3.68. The highest BCUT2D eigenvalue weighted by atomic mass is 32.2. The largest absolute Gasteiger partial charge is 0.497 e. The zero-order valence-corrected chi connectivity index (χ0v) is 11.0. The molecular formula is C13H19NOS. The maximum Gasteiger partial charge on any atom is 0.105 e. The summed E-state index contributed by atoms with van der Waals surface area (Å²) >= 11 is 1.75. The Kier molecular flexibility index (Phi) is 5.26. The summed E-state index contributed by atoms with van der Waals surface area (Å²) in [5.74, 6) is 0.760. The second kappa shape index (κ2) is 6.48. The summed E-state index contributed by atoms with van der Waals surface area (Å²) in [4.78, 5) is 1.26. The van der Waals surface area contributed by atoms with Gasteiger partial charge in [-0.3, -0.25) is 0 Å². The first-order valence-electron chi connectivity index (χ1n) is 5.30. The zero-order valence-electron chi connectivity index (χ0n) is 10.2. The number of rotatable bonds is 6. The number of benzene rings is 1. The van der Waals surface area contributed by atoms with Crippen molar-refractivity contribution in [1.82, 2.24) is 0 Å². The van der Waals surface area contributed by atoms with Gasteiger partial charge in [0.25, 0.3) is 0 Å². The van der Waals surface area contributed by atoms with E-state index in [-0.39, 0.29) is 0 Å². The van der Waals surface area contributed by atoms with Crippen LogP contribution in [0, 0.1) is 6.92 Å². The van der Waals surface area contributed by atoms with E-state index in [2.05, 4.69) is 43.3 Å². The molecule has 3 heteroatoms. The molecule has 1 N–H and O–H groups in total. The average molecular weight is 237 g/mol. The summed E-state index contributed by atoms with van der Waals surface area (Å²) in [6, 6.07) is 6.43. The van der Waals surface area contributed by atoms with E-state index < -0.39 is 0 Å². The summed E-state index contributed by atoms with van der Waals surface area (Å²) in [5, 5.41) is 3.37. The van der Waals surface area contributed by atoms with Crippen LogP contribution < -0.4 is 5.32 Å². The minimum Gasteiger partial charge on any atom is -0.497 e. The third kappa shape index (κ3) is 4.19. The van der Waals surface area contributed by atoms with Gasteiger partial charge < -0.3 is 10.1 Å². The second-order valence-corrected chi connectivity index (χ2v) is 4.53. The fourth-order valence-electron chi connectivity index (χ4n) is 1.37. The van der Waals surface area contributed by atoms with Crippen molar-refractivity contribution < 1.29 is 4.74 Å². The van der Waals surface area contributed by atoms with E-state index >= 15 is 0 Å². The molecule has 0 heterocycles. The molecule has 0 aliphatic rings. The summed E-state index contributed by atoms with van der Waals surface area (Å²) in [6.07, 6.45) is 2.08. The number of aryl methyl sites for hydroxylation is 1. The lowest BCUT2D eigenvalue weighted by molar-refractivity contribution is 0.228. The van der Waals surface area contributed by atoms with Crippen LogP contribution in [-0.4, -0.2) is 19.4 Å². The maximum absolute atomic E-state index is 5.30. The van der Waals surface area contributed by atoms with Gasteiger partial charge in [0.1, 0.15) is 6.61 Å². The van der Waals surface area contributed by atoms with Gasteiger partial charge in [0.2, 0.25) is 0 Å². The van der Waals surface area contributed by atoms with Crippen molar-refractivity contribution in [2.24, 2.45) is 0 Å². The standard InChI is InChI=1S/C13H19NOS/c1-10(2)15-8-7-14-12-9-11(3)5-6-13(12)16-4/h5-6,9,14H,1,7-8H2,2-4H3. The monoisotopic (exact) mass is 237 g/mol. The number of hydrogen-bond donors (Lipinski definition) is 1. The van der Waals surface area contributed by atoms with Gasteiger partial charge in [-0.25, -0.2) is 0 Å². The average Bonchev–Trinajstić information content (AvgIpc) is 2.24. The van der Waals surface area contributed by atoms with Crippen LogP contribution in [0.5, 0.6) is 0 Å². The van der Waals surface area contributed by atoms with E-state index in [4.69, 9.17) is 4.74 Å². The molecule has 0 amide bonds. The van der Waals surface area contributed by atoms with Crippen LogP contribution in [0.4, 0.5) is 5.69 Å². The molecule has 0 fully saturated rings. The number of hydrogen-bond acceptors (Lipinski definition) is 3. The van der Waals surface area contributed by atoms with E-state index in [0.29, 0.717) is 6.61 Å². The van der Waals surface area contributed by atoms with Crippen molar-refractivity contribution in [3.8, 4) is 0 Å². The molecular weight excluding hydrogens is 218 g/mol. The van der Waals surface area contributed by atoms with Gasteiger partial charge in [-0.1, -0.05) is 12.6 Å². The van der Waals surface area contributed by atoms with Crippen molar-refractivity contribution in [3.63, 3.8) is 0 Å². The molecule has 1 rings (SSSR count). The Morgan fingerprint density at radius 2 is 2.25 bits per heavy atom. The molecule has 1 aromatic carbocycles. The van der Waals surface area contributed by atoms with Crippen LogP contribution in [-0.2, 0) is 4.74 Å². The molecule has 0 aliphatic heterocycles. The zero-order chi connectivity index (χ0) is 12.0. The van der Waals surface area contributed by atoms with Crippen molar-refractivity contribution >= 4 is 17.4 Å². The maximum atomic E-state index is 5.30. The van der Waals surface area contributed by atoms with Gasteiger partial charge in [0, 0.05) is 17.1 Å². The van der Waals surface area contributed by atoms with Crippen LogP contribution in [0.1, 0.15) is 12.5 Å². The Labute approximate surface area is 102 Å². The number of anilines is 1. The first-order valence-corrected chi connectivity index (χ1v) is 6.53. The third-order valence-corrected chi connectivity index (χ3v) is 2.92. The highest BCUT2D eigenvalue weighted by Gasteiger charge is 2.00. The van der Waals surface area contributed by atoms with Crippen LogP contribution in [0.3, 0.4) is 0 Å². The Hall–Kier alpha value is -1.09. The Bertz CT molecular complexity index is 363. The highest BCUT2D eigenvalue weighted by molar-refractivity contribution is 7.98. The van der Waals surface area contributed by atoms with Gasteiger partial charge in [-0.05, 0) is 37.8 Å². The van der Waals surface area contributed by atoms with Gasteiger partial charge in [0.05, 0.1) is 5.76 Å². The van der Waals surface area contributed by atoms with E-state index in [0.717, 1.165) is 12.3 Å². The van der Waals surface area contributed by atoms with Crippen molar-refractivity contribution in [3.05, 3.63) is 36.1 Å². The molecule has 0 atom stereocenters. The highest BCUT2D eigenvalue weighted by Crippen LogP contribution is 2.25. The number of allylic oxidation sites excluding steroid dienone is 1. The molecule has 1 aromatic rings. The normalized spacial score (nSPS) is 9.94. The van der Waals surface area contributed by atoms with E-state index in [1.54, 1.807) is 11.8 Å². The molecule has 0 aliphatic carbocycles. The van der Waals surface area contributed by atoms with Crippen molar-refractivity contribution in [2.45, 2.75) is 18.7 Å². The molecule has 0 spiro atoms. The Balaban J connectivity index is 2.51. The first-order chi connectivity index (χ1) is 7.63. The Morgan fingerprint density at radius 1 is 1.50 bits per heavy atom. The summed E-state index contributed by atoms with van der Waals surface area (Å²) in [6.45, 7) is 9.10. The molecule has 16 heavy (non-hydrogen) atoms. The van der Waals surface area contributed by atoms with Gasteiger partial charge >= 0.3 is 0 Å². The molecule has 0 aromatic heterocycles. The lowest BCUT2D eigenvalue weighted by Gasteiger charge is -2.12. The predicted molar refractivity (Wildman–Crippen MR) is 72.2 cm³/mol. The van der Waals surface area contributed by atoms with Crippen molar-refractivity contribution in [1.29, 1.82) is 0 Å². The minimum atomic E-state index is 0.650. The summed E-state index contributed by atoms with van der Waals surface area (Å²) < 4.78 is 5.30. The van der Waals surface area contributed by atoms with Crippen LogP contribution in [0.25, 0.3) is 0 Å². The second-order valence-electron chi connectivity index (χ2n) is 3.68. The lowest BCUT2D eigenvalue weighted by Crippen LogP contribution is -2.09. The SMILES string of the molecule is C=C(C)OCCNc1cc(C)ccc1SC. The summed E-state index contributed by atoms with van der Waals surface area (Å²) in [7, 11) is 0. The lowest BCUT2D eigenvalue weighted by atomic mass is 10.2. The van der Waals surface area contributed by atoms with E-state index in [1.807, 2.05) is 6.92 Å². The number of ether oxygens (including phenoxy) is 1.